The number of aromatic carboxylic acids is 1. The number of carbonyl (C=O) groups is 1. The molecule has 2 aromatic carbocycles. The highest BCUT2D eigenvalue weighted by Gasteiger charge is 2.20. The van der Waals surface area contributed by atoms with E-state index in [-0.39, 0.29) is 11.3 Å². The lowest BCUT2D eigenvalue weighted by Gasteiger charge is -2.10. The van der Waals surface area contributed by atoms with E-state index in [4.69, 9.17) is 4.74 Å². The van der Waals surface area contributed by atoms with Crippen LogP contribution in [0.15, 0.2) is 59.4 Å². The molecule has 5 heteroatoms. The fourth-order valence-corrected chi connectivity index (χ4v) is 2.14. The van der Waals surface area contributed by atoms with Crippen molar-refractivity contribution >= 4 is 16.9 Å². The molecule has 0 atom stereocenters. The third kappa shape index (κ3) is 2.36. The molecule has 0 fully saturated rings. The van der Waals surface area contributed by atoms with Gasteiger partial charge in [0.2, 0.25) is 5.75 Å². The highest BCUT2D eigenvalue weighted by molar-refractivity contribution is 6.04. The van der Waals surface area contributed by atoms with Crippen molar-refractivity contribution in [1.82, 2.24) is 4.98 Å². The number of pyridine rings is 1. The second kappa shape index (κ2) is 5.13. The first-order chi connectivity index (χ1) is 10.2. The molecule has 1 heterocycles. The Morgan fingerprint density at radius 1 is 1.00 bits per heavy atom. The van der Waals surface area contributed by atoms with Gasteiger partial charge in [0.05, 0.1) is 0 Å². The number of aromatic nitrogens is 1. The van der Waals surface area contributed by atoms with E-state index in [1.54, 1.807) is 54.6 Å². The molecule has 0 saturated heterocycles. The number of rotatable bonds is 3. The number of hydrogen-bond acceptors (Lipinski definition) is 3. The molecule has 5 nitrogen and oxygen atoms in total. The quantitative estimate of drug-likeness (QED) is 0.773. The zero-order chi connectivity index (χ0) is 14.8. The maximum Gasteiger partial charge on any atom is 0.340 e. The molecule has 0 amide bonds. The predicted molar refractivity (Wildman–Crippen MR) is 78.0 cm³/mol. The van der Waals surface area contributed by atoms with E-state index >= 15 is 0 Å². The maximum atomic E-state index is 12.1. The minimum atomic E-state index is -1.21. The van der Waals surface area contributed by atoms with Gasteiger partial charge < -0.3 is 14.8 Å². The highest BCUT2D eigenvalue weighted by Crippen LogP contribution is 2.26. The van der Waals surface area contributed by atoms with E-state index in [9.17, 15) is 14.7 Å². The average molecular weight is 281 g/mol. The van der Waals surface area contributed by atoms with Crippen LogP contribution in [0.2, 0.25) is 0 Å². The molecule has 1 aromatic heterocycles. The van der Waals surface area contributed by atoms with E-state index in [0.717, 1.165) is 0 Å². The van der Waals surface area contributed by atoms with Crippen LogP contribution in [-0.4, -0.2) is 16.1 Å². The predicted octanol–water partition coefficient (Wildman–Crippen LogP) is 3.02. The summed E-state index contributed by atoms with van der Waals surface area (Å²) in [6.45, 7) is 0. The van der Waals surface area contributed by atoms with Crippen molar-refractivity contribution < 1.29 is 14.6 Å². The summed E-state index contributed by atoms with van der Waals surface area (Å²) in [7, 11) is 0. The van der Waals surface area contributed by atoms with Gasteiger partial charge >= 0.3 is 5.97 Å². The van der Waals surface area contributed by atoms with Crippen molar-refractivity contribution in [2.24, 2.45) is 0 Å². The van der Waals surface area contributed by atoms with E-state index < -0.39 is 11.5 Å². The van der Waals surface area contributed by atoms with Crippen LogP contribution in [0.25, 0.3) is 10.9 Å². The summed E-state index contributed by atoms with van der Waals surface area (Å²) in [5, 5.41) is 9.86. The van der Waals surface area contributed by atoms with Crippen LogP contribution < -0.4 is 10.3 Å². The summed E-state index contributed by atoms with van der Waals surface area (Å²) in [4.78, 5) is 26.3. The van der Waals surface area contributed by atoms with Gasteiger partial charge in [0, 0.05) is 10.9 Å². The first-order valence-corrected chi connectivity index (χ1v) is 6.28. The smallest absolute Gasteiger partial charge is 0.340 e. The van der Waals surface area contributed by atoms with Gasteiger partial charge in [-0.2, -0.15) is 0 Å². The van der Waals surface area contributed by atoms with Gasteiger partial charge in [-0.25, -0.2) is 4.79 Å². The fourth-order valence-electron chi connectivity index (χ4n) is 2.14. The second-order valence-corrected chi connectivity index (χ2v) is 4.42. The number of aromatic amines is 1. The summed E-state index contributed by atoms with van der Waals surface area (Å²) < 4.78 is 5.49. The number of benzene rings is 2. The summed E-state index contributed by atoms with van der Waals surface area (Å²) in [5.41, 5.74) is -0.256. The van der Waals surface area contributed by atoms with E-state index in [1.807, 2.05) is 0 Å². The average Bonchev–Trinajstić information content (AvgIpc) is 2.48. The second-order valence-electron chi connectivity index (χ2n) is 4.42. The zero-order valence-corrected chi connectivity index (χ0v) is 10.9. The first kappa shape index (κ1) is 12.9. The zero-order valence-electron chi connectivity index (χ0n) is 10.9. The summed E-state index contributed by atoms with van der Waals surface area (Å²) in [6, 6.07) is 15.3. The normalized spacial score (nSPS) is 10.5. The Morgan fingerprint density at radius 2 is 1.67 bits per heavy atom. The van der Waals surface area contributed by atoms with Gasteiger partial charge in [0.25, 0.3) is 5.56 Å². The topological polar surface area (TPSA) is 79.4 Å². The Hall–Kier alpha value is -3.08. The number of para-hydroxylation sites is 2. The Bertz CT molecular complexity index is 868. The Labute approximate surface area is 119 Å². The van der Waals surface area contributed by atoms with Gasteiger partial charge in [-0.05, 0) is 18.2 Å². The molecule has 0 aliphatic rings. The third-order valence-electron chi connectivity index (χ3n) is 3.05. The lowest BCUT2D eigenvalue weighted by atomic mass is 10.1. The van der Waals surface area contributed by atoms with Crippen molar-refractivity contribution in [3.05, 3.63) is 70.5 Å². The van der Waals surface area contributed by atoms with Crippen LogP contribution in [0, 0.1) is 0 Å². The molecule has 0 unspecified atom stereocenters. The van der Waals surface area contributed by atoms with Crippen molar-refractivity contribution in [1.29, 1.82) is 0 Å². The van der Waals surface area contributed by atoms with Crippen LogP contribution in [-0.2, 0) is 0 Å². The molecule has 0 saturated carbocycles. The standard InChI is InChI=1S/C16H11NO4/c18-15-14(21-10-6-2-1-3-7-10)13(16(19)20)11-8-4-5-9-12(11)17-15/h1-9H,(H,17,18)(H,19,20). The summed E-state index contributed by atoms with van der Waals surface area (Å²) in [5.74, 6) is -1.02. The van der Waals surface area contributed by atoms with E-state index in [1.165, 1.54) is 0 Å². The van der Waals surface area contributed by atoms with Gasteiger partial charge in [-0.1, -0.05) is 36.4 Å². The van der Waals surface area contributed by atoms with Gasteiger partial charge in [0.15, 0.2) is 0 Å². The molecule has 0 radical (unpaired) electrons. The molecular formula is C16H11NO4. The largest absolute Gasteiger partial charge is 0.478 e. The lowest BCUT2D eigenvalue weighted by molar-refractivity contribution is 0.0696. The van der Waals surface area contributed by atoms with Crippen LogP contribution in [0.5, 0.6) is 11.5 Å². The monoisotopic (exact) mass is 281 g/mol. The van der Waals surface area contributed by atoms with Crippen LogP contribution >= 0.6 is 0 Å². The third-order valence-corrected chi connectivity index (χ3v) is 3.05. The molecule has 0 spiro atoms. The van der Waals surface area contributed by atoms with Crippen molar-refractivity contribution in [3.8, 4) is 11.5 Å². The van der Waals surface area contributed by atoms with Crippen LogP contribution in [0.3, 0.4) is 0 Å². The maximum absolute atomic E-state index is 12.1. The number of ether oxygens (including phenoxy) is 1. The molecule has 0 bridgehead atoms. The van der Waals surface area contributed by atoms with Gasteiger partial charge in [-0.3, -0.25) is 4.79 Å². The molecule has 3 aromatic rings. The SMILES string of the molecule is O=C(O)c1c(Oc2ccccc2)c(=O)[nH]c2ccccc12. The minimum Gasteiger partial charge on any atom is -0.478 e. The van der Waals surface area contributed by atoms with Crippen LogP contribution in [0.1, 0.15) is 10.4 Å². The van der Waals surface area contributed by atoms with E-state index in [0.29, 0.717) is 16.7 Å². The molecule has 21 heavy (non-hydrogen) atoms. The summed E-state index contributed by atoms with van der Waals surface area (Å²) in [6.07, 6.45) is 0. The fraction of sp³-hybridized carbons (Fsp3) is 0. The summed E-state index contributed by atoms with van der Waals surface area (Å²) >= 11 is 0. The van der Waals surface area contributed by atoms with Crippen molar-refractivity contribution in [3.63, 3.8) is 0 Å². The molecule has 3 rings (SSSR count). The first-order valence-electron chi connectivity index (χ1n) is 6.28. The van der Waals surface area contributed by atoms with E-state index in [2.05, 4.69) is 4.98 Å². The molecule has 0 aliphatic heterocycles. The molecule has 2 N–H and O–H groups in total. The Balaban J connectivity index is 2.26. The lowest BCUT2D eigenvalue weighted by Crippen LogP contribution is -2.15. The van der Waals surface area contributed by atoms with Gasteiger partial charge in [0.1, 0.15) is 11.3 Å². The minimum absolute atomic E-state index is 0.141. The number of H-pyrrole nitrogens is 1. The van der Waals surface area contributed by atoms with Crippen molar-refractivity contribution in [2.45, 2.75) is 0 Å². The molecular weight excluding hydrogens is 270 g/mol. The molecule has 104 valence electrons. The Morgan fingerprint density at radius 3 is 2.38 bits per heavy atom. The van der Waals surface area contributed by atoms with Crippen molar-refractivity contribution in [2.75, 3.05) is 0 Å². The molecule has 0 aliphatic carbocycles. The number of fused-ring (bicyclic) bond motifs is 1. The number of nitrogens with one attached hydrogen (secondary N) is 1. The number of hydrogen-bond donors (Lipinski definition) is 2. The van der Waals surface area contributed by atoms with Crippen LogP contribution in [0.4, 0.5) is 0 Å². The van der Waals surface area contributed by atoms with Gasteiger partial charge in [-0.15, -0.1) is 0 Å². The highest BCUT2D eigenvalue weighted by atomic mass is 16.5. The Kier molecular flexibility index (Phi) is 3.16. The number of carboxylic acids is 1. The number of carboxylic acid groups (broad SMARTS) is 1.